The molecule has 2 atom stereocenters. The number of nitro benzene ring substituents is 1. The number of carbonyl (C=O) groups is 1. The molecule has 2 unspecified atom stereocenters. The van der Waals surface area contributed by atoms with Crippen LogP contribution in [0.3, 0.4) is 0 Å². The lowest BCUT2D eigenvalue weighted by molar-refractivity contribution is -0.384. The number of ether oxygens (including phenoxy) is 1. The number of alkyl halides is 3. The Labute approximate surface area is 161 Å². The molecule has 8 nitrogen and oxygen atoms in total. The zero-order valence-corrected chi connectivity index (χ0v) is 14.6. The maximum atomic E-state index is 13.4. The van der Waals surface area contributed by atoms with Gasteiger partial charge in [0, 0.05) is 29.8 Å². The molecule has 1 saturated heterocycles. The Hall–Kier alpha value is -2.92. The van der Waals surface area contributed by atoms with Gasteiger partial charge in [0.05, 0.1) is 11.5 Å². The first-order valence-electron chi connectivity index (χ1n) is 7.80. The van der Waals surface area contributed by atoms with E-state index in [1.807, 2.05) is 0 Å². The van der Waals surface area contributed by atoms with E-state index >= 15 is 0 Å². The smallest absolute Gasteiger partial charge is 0.335 e. The summed E-state index contributed by atoms with van der Waals surface area (Å²) in [5, 5.41) is 13.0. The van der Waals surface area contributed by atoms with Gasteiger partial charge in [-0.25, -0.2) is 0 Å². The number of benzene rings is 1. The molecule has 1 aromatic carbocycles. The number of halogens is 4. The van der Waals surface area contributed by atoms with Crippen molar-refractivity contribution in [2.45, 2.75) is 18.5 Å². The topological polar surface area (TPSA) is 97.6 Å². The van der Waals surface area contributed by atoms with Crippen LogP contribution in [0.2, 0.25) is 5.02 Å². The van der Waals surface area contributed by atoms with Gasteiger partial charge in [0.1, 0.15) is 5.02 Å². The van der Waals surface area contributed by atoms with Crippen LogP contribution in [0, 0.1) is 10.1 Å². The first kappa shape index (κ1) is 19.8. The maximum absolute atomic E-state index is 13.4. The molecule has 0 aliphatic carbocycles. The van der Waals surface area contributed by atoms with Crippen LogP contribution in [-0.2, 0) is 9.53 Å². The lowest BCUT2D eigenvalue weighted by Gasteiger charge is -2.26. The van der Waals surface area contributed by atoms with Gasteiger partial charge >= 0.3 is 6.18 Å². The van der Waals surface area contributed by atoms with Crippen LogP contribution in [0.5, 0.6) is 0 Å². The number of nitrogens with zero attached hydrogens (tertiary/aromatic N) is 3. The summed E-state index contributed by atoms with van der Waals surface area (Å²) < 4.78 is 45.2. The minimum atomic E-state index is -4.81. The molecular weight excluding hydrogens is 405 g/mol. The first-order chi connectivity index (χ1) is 13.2. The van der Waals surface area contributed by atoms with E-state index in [9.17, 15) is 28.1 Å². The third-order valence-electron chi connectivity index (χ3n) is 3.92. The Morgan fingerprint density at radius 1 is 1.32 bits per heavy atom. The summed E-state index contributed by atoms with van der Waals surface area (Å²) in [5.74, 6) is -0.768. The Kier molecular flexibility index (Phi) is 5.38. The number of hydrogen-bond donors (Lipinski definition) is 1. The predicted octanol–water partition coefficient (Wildman–Crippen LogP) is 3.38. The van der Waals surface area contributed by atoms with Gasteiger partial charge in [-0.15, -0.1) is 0 Å². The molecule has 1 N–H and O–H groups in total. The zero-order chi connectivity index (χ0) is 20.5. The summed E-state index contributed by atoms with van der Waals surface area (Å²) in [6.07, 6.45) is -5.81. The number of pyridine rings is 1. The molecule has 1 aromatic heterocycles. The van der Waals surface area contributed by atoms with Gasteiger partial charge in [-0.3, -0.25) is 19.9 Å². The van der Waals surface area contributed by atoms with Crippen LogP contribution < -0.4 is 10.2 Å². The van der Waals surface area contributed by atoms with E-state index in [2.05, 4.69) is 10.3 Å². The second-order valence-electron chi connectivity index (χ2n) is 5.79. The average molecular weight is 417 g/mol. The standard InChI is InChI=1S/C16H12ClF3N4O4/c17-11-7-10(1-2-12(11)24(26)27)23-8-13(28-15(23)16(18,19)20)14(25)22-9-3-5-21-6-4-9/h1-7,13,15H,8H2,(H,21,22,25). The highest BCUT2D eigenvalue weighted by atomic mass is 35.5. The summed E-state index contributed by atoms with van der Waals surface area (Å²) >= 11 is 5.80. The van der Waals surface area contributed by atoms with E-state index in [-0.39, 0.29) is 10.7 Å². The van der Waals surface area contributed by atoms with Crippen LogP contribution in [0.4, 0.5) is 30.2 Å². The van der Waals surface area contributed by atoms with Crippen molar-refractivity contribution in [3.05, 3.63) is 57.9 Å². The van der Waals surface area contributed by atoms with Crippen LogP contribution in [0.25, 0.3) is 0 Å². The molecule has 0 radical (unpaired) electrons. The second kappa shape index (κ2) is 7.60. The Balaban J connectivity index is 1.84. The Morgan fingerprint density at radius 2 is 2.00 bits per heavy atom. The molecule has 3 rings (SSSR count). The highest BCUT2D eigenvalue weighted by Gasteiger charge is 2.52. The van der Waals surface area contributed by atoms with Crippen molar-refractivity contribution >= 4 is 34.6 Å². The van der Waals surface area contributed by atoms with Crippen LogP contribution >= 0.6 is 11.6 Å². The molecule has 1 amide bonds. The molecular formula is C16H12ClF3N4O4. The molecule has 0 saturated carbocycles. The number of anilines is 2. The van der Waals surface area contributed by atoms with Crippen molar-refractivity contribution in [2.75, 3.05) is 16.8 Å². The van der Waals surface area contributed by atoms with Crippen molar-refractivity contribution in [1.82, 2.24) is 4.98 Å². The third-order valence-corrected chi connectivity index (χ3v) is 4.22. The SMILES string of the molecule is O=C(Nc1ccncc1)C1CN(c2ccc([N+](=O)[O-])c(Cl)c2)C(C(F)(F)F)O1. The molecule has 12 heteroatoms. The fraction of sp³-hybridized carbons (Fsp3) is 0.250. The zero-order valence-electron chi connectivity index (χ0n) is 13.9. The largest absolute Gasteiger partial charge is 0.433 e. The molecule has 148 valence electrons. The van der Waals surface area contributed by atoms with Gasteiger partial charge in [-0.05, 0) is 24.3 Å². The maximum Gasteiger partial charge on any atom is 0.433 e. The summed E-state index contributed by atoms with van der Waals surface area (Å²) in [4.78, 5) is 27.0. The number of nitro groups is 1. The predicted molar refractivity (Wildman–Crippen MR) is 93.0 cm³/mol. The number of hydrogen-bond acceptors (Lipinski definition) is 6. The van der Waals surface area contributed by atoms with E-state index in [1.54, 1.807) is 0 Å². The highest BCUT2D eigenvalue weighted by molar-refractivity contribution is 6.32. The molecule has 1 aliphatic rings. The fourth-order valence-corrected chi connectivity index (χ4v) is 2.91. The van der Waals surface area contributed by atoms with Crippen molar-refractivity contribution in [3.63, 3.8) is 0 Å². The van der Waals surface area contributed by atoms with Gasteiger partial charge < -0.3 is 15.0 Å². The molecule has 0 bridgehead atoms. The van der Waals surface area contributed by atoms with Crippen LogP contribution in [0.15, 0.2) is 42.7 Å². The quantitative estimate of drug-likeness (QED) is 0.606. The molecule has 1 fully saturated rings. The third kappa shape index (κ3) is 4.15. The van der Waals surface area contributed by atoms with Crippen molar-refractivity contribution in [1.29, 1.82) is 0 Å². The summed E-state index contributed by atoms with van der Waals surface area (Å²) in [6.45, 7) is -0.421. The van der Waals surface area contributed by atoms with E-state index in [0.717, 1.165) is 23.1 Å². The lowest BCUT2D eigenvalue weighted by atomic mass is 10.2. The van der Waals surface area contributed by atoms with E-state index in [4.69, 9.17) is 16.3 Å². The van der Waals surface area contributed by atoms with Crippen LogP contribution in [0.1, 0.15) is 0 Å². The average Bonchev–Trinajstić information content (AvgIpc) is 3.08. The highest BCUT2D eigenvalue weighted by Crippen LogP contribution is 2.37. The lowest BCUT2D eigenvalue weighted by Crippen LogP contribution is -2.42. The normalized spacial score (nSPS) is 19.5. The molecule has 1 aliphatic heterocycles. The minimum absolute atomic E-state index is 0.0582. The minimum Gasteiger partial charge on any atom is -0.335 e. The van der Waals surface area contributed by atoms with Crippen LogP contribution in [-0.4, -0.2) is 40.9 Å². The van der Waals surface area contributed by atoms with E-state index < -0.39 is 41.6 Å². The number of aromatic nitrogens is 1. The van der Waals surface area contributed by atoms with Gasteiger partial charge in [0.15, 0.2) is 6.10 Å². The summed E-state index contributed by atoms with van der Waals surface area (Å²) in [6, 6.07) is 6.10. The van der Waals surface area contributed by atoms with Crippen molar-refractivity contribution in [3.8, 4) is 0 Å². The Morgan fingerprint density at radius 3 is 2.57 bits per heavy atom. The van der Waals surface area contributed by atoms with E-state index in [0.29, 0.717) is 5.69 Å². The van der Waals surface area contributed by atoms with Crippen molar-refractivity contribution in [2.24, 2.45) is 0 Å². The molecule has 2 heterocycles. The number of nitrogens with one attached hydrogen (secondary N) is 1. The first-order valence-corrected chi connectivity index (χ1v) is 8.18. The number of amides is 1. The van der Waals surface area contributed by atoms with Gasteiger partial charge in [-0.2, -0.15) is 13.2 Å². The van der Waals surface area contributed by atoms with E-state index in [1.165, 1.54) is 24.5 Å². The van der Waals surface area contributed by atoms with Gasteiger partial charge in [-0.1, -0.05) is 11.6 Å². The second-order valence-corrected chi connectivity index (χ2v) is 6.20. The van der Waals surface area contributed by atoms with Gasteiger partial charge in [0.25, 0.3) is 11.6 Å². The van der Waals surface area contributed by atoms with Crippen molar-refractivity contribution < 1.29 is 27.6 Å². The fourth-order valence-electron chi connectivity index (χ4n) is 2.67. The Bertz CT molecular complexity index is 897. The number of carbonyl (C=O) groups excluding carboxylic acids is 1. The number of rotatable bonds is 4. The monoisotopic (exact) mass is 416 g/mol. The summed E-state index contributed by atoms with van der Waals surface area (Å²) in [7, 11) is 0. The summed E-state index contributed by atoms with van der Waals surface area (Å²) in [5.41, 5.74) is -0.151. The molecule has 2 aromatic rings. The molecule has 28 heavy (non-hydrogen) atoms. The van der Waals surface area contributed by atoms with Gasteiger partial charge in [0.2, 0.25) is 6.23 Å². The molecule has 0 spiro atoms.